The Hall–Kier alpha value is 0.0700. The number of hydrogen-bond acceptors (Lipinski definition) is 3. The van der Waals surface area contributed by atoms with Gasteiger partial charge in [-0.1, -0.05) is 0 Å². The van der Waals surface area contributed by atoms with Crippen LogP contribution in [-0.4, -0.2) is 22.1 Å². The third-order valence-electron chi connectivity index (χ3n) is 1.45. The van der Waals surface area contributed by atoms with E-state index in [9.17, 15) is 4.57 Å². The van der Waals surface area contributed by atoms with Crippen LogP contribution in [0.1, 0.15) is 12.8 Å². The summed E-state index contributed by atoms with van der Waals surface area (Å²) in [6.07, 6.45) is 1.35. The fourth-order valence-corrected chi connectivity index (χ4v) is 1.68. The molecule has 0 amide bonds. The third-order valence-corrected chi connectivity index (χ3v) is 2.65. The average molecular weight is 166 g/mol. The summed E-state index contributed by atoms with van der Waals surface area (Å²) < 4.78 is 10.6. The first-order valence-electron chi connectivity index (χ1n) is 3.14. The van der Waals surface area contributed by atoms with Crippen molar-refractivity contribution in [2.24, 2.45) is 0 Å². The summed E-state index contributed by atoms with van der Waals surface area (Å²) in [4.78, 5) is 17.3. The van der Waals surface area contributed by atoms with E-state index in [-0.39, 0.29) is 0 Å². The molecule has 10 heavy (non-hydrogen) atoms. The van der Waals surface area contributed by atoms with Crippen LogP contribution in [0.4, 0.5) is 0 Å². The van der Waals surface area contributed by atoms with E-state index in [1.165, 1.54) is 0 Å². The van der Waals surface area contributed by atoms with Gasteiger partial charge in [0, 0.05) is 6.54 Å². The highest BCUT2D eigenvalue weighted by Crippen LogP contribution is 2.41. The van der Waals surface area contributed by atoms with Gasteiger partial charge in [-0.15, -0.1) is 0 Å². The van der Waals surface area contributed by atoms with Crippen LogP contribution in [-0.2, 0) is 4.57 Å². The molecule has 0 aromatic heterocycles. The molecular formula is C4H11N2O3P. The third kappa shape index (κ3) is 2.04. The van der Waals surface area contributed by atoms with Gasteiger partial charge in [-0.3, -0.25) is 9.99 Å². The summed E-state index contributed by atoms with van der Waals surface area (Å²) in [6.45, 7) is 0.774. The van der Waals surface area contributed by atoms with Gasteiger partial charge in [0.05, 0.1) is 0 Å². The first-order valence-corrected chi connectivity index (χ1v) is 4.82. The zero-order valence-electron chi connectivity index (χ0n) is 5.45. The van der Waals surface area contributed by atoms with Crippen LogP contribution < -0.4 is 10.9 Å². The van der Waals surface area contributed by atoms with Gasteiger partial charge in [0.1, 0.15) is 5.78 Å². The van der Waals surface area contributed by atoms with Crippen molar-refractivity contribution in [1.82, 2.24) is 10.9 Å². The summed E-state index contributed by atoms with van der Waals surface area (Å²) in [7, 11) is -3.91. The van der Waals surface area contributed by atoms with Crippen molar-refractivity contribution in [3.05, 3.63) is 0 Å². The van der Waals surface area contributed by atoms with Crippen LogP contribution in [0.15, 0.2) is 0 Å². The Balaban J connectivity index is 2.47. The van der Waals surface area contributed by atoms with E-state index in [2.05, 4.69) is 10.9 Å². The van der Waals surface area contributed by atoms with E-state index in [4.69, 9.17) is 9.79 Å². The van der Waals surface area contributed by atoms with E-state index >= 15 is 0 Å². The van der Waals surface area contributed by atoms with Crippen LogP contribution in [0.25, 0.3) is 0 Å². The summed E-state index contributed by atoms with van der Waals surface area (Å²) in [5.74, 6) is -0.693. The Morgan fingerprint density at radius 1 is 1.50 bits per heavy atom. The number of hydrazine groups is 1. The Morgan fingerprint density at radius 3 is 2.50 bits per heavy atom. The van der Waals surface area contributed by atoms with Crippen molar-refractivity contribution in [1.29, 1.82) is 0 Å². The van der Waals surface area contributed by atoms with Crippen LogP contribution >= 0.6 is 7.60 Å². The molecule has 0 aliphatic carbocycles. The molecule has 0 radical (unpaired) electrons. The Morgan fingerprint density at radius 2 is 2.20 bits per heavy atom. The van der Waals surface area contributed by atoms with Gasteiger partial charge in [0.15, 0.2) is 0 Å². The molecule has 1 rings (SSSR count). The summed E-state index contributed by atoms with van der Waals surface area (Å²) >= 11 is 0. The Kier molecular flexibility index (Phi) is 2.44. The highest BCUT2D eigenvalue weighted by atomic mass is 31.2. The monoisotopic (exact) mass is 166 g/mol. The quantitative estimate of drug-likeness (QED) is 0.390. The lowest BCUT2D eigenvalue weighted by molar-refractivity contribution is 0.309. The smallest absolute Gasteiger partial charge is 0.323 e. The minimum atomic E-state index is -3.91. The minimum absolute atomic E-state index is 0.539. The second kappa shape index (κ2) is 2.98. The molecule has 60 valence electrons. The molecule has 0 aromatic carbocycles. The van der Waals surface area contributed by atoms with Crippen molar-refractivity contribution in [2.75, 3.05) is 6.54 Å². The van der Waals surface area contributed by atoms with E-state index in [0.29, 0.717) is 6.42 Å². The molecule has 0 spiro atoms. The highest BCUT2D eigenvalue weighted by molar-refractivity contribution is 7.52. The topological polar surface area (TPSA) is 81.6 Å². The second-order valence-electron chi connectivity index (χ2n) is 2.32. The Bertz CT molecular complexity index is 151. The molecule has 0 bridgehead atoms. The van der Waals surface area contributed by atoms with Gasteiger partial charge in [-0.05, 0) is 12.8 Å². The maximum atomic E-state index is 10.6. The number of rotatable bonds is 1. The van der Waals surface area contributed by atoms with Gasteiger partial charge in [-0.25, -0.2) is 5.43 Å². The molecule has 1 saturated heterocycles. The summed E-state index contributed by atoms with van der Waals surface area (Å²) in [6, 6.07) is 0. The van der Waals surface area contributed by atoms with Crippen molar-refractivity contribution in [3.63, 3.8) is 0 Å². The van der Waals surface area contributed by atoms with Crippen LogP contribution in [0.3, 0.4) is 0 Å². The SMILES string of the molecule is O=P(O)(O)[C@H]1CCCNN1. The molecule has 1 aliphatic heterocycles. The van der Waals surface area contributed by atoms with Crippen molar-refractivity contribution >= 4 is 7.60 Å². The zero-order valence-corrected chi connectivity index (χ0v) is 6.34. The number of nitrogens with one attached hydrogen (secondary N) is 2. The average Bonchev–Trinajstić information content (AvgIpc) is 1.88. The lowest BCUT2D eigenvalue weighted by Crippen LogP contribution is -2.45. The van der Waals surface area contributed by atoms with Gasteiger partial charge < -0.3 is 9.79 Å². The molecule has 1 heterocycles. The van der Waals surface area contributed by atoms with Gasteiger partial charge in [-0.2, -0.15) is 0 Å². The van der Waals surface area contributed by atoms with E-state index in [0.717, 1.165) is 13.0 Å². The van der Waals surface area contributed by atoms with Crippen LogP contribution in [0.2, 0.25) is 0 Å². The highest BCUT2D eigenvalue weighted by Gasteiger charge is 2.29. The normalized spacial score (nSPS) is 28.4. The maximum Gasteiger partial charge on any atom is 0.343 e. The zero-order chi connectivity index (χ0) is 7.61. The largest absolute Gasteiger partial charge is 0.343 e. The summed E-state index contributed by atoms with van der Waals surface area (Å²) in [5.41, 5.74) is 5.25. The Labute approximate surface area is 58.9 Å². The van der Waals surface area contributed by atoms with Gasteiger partial charge in [0.2, 0.25) is 0 Å². The molecule has 0 saturated carbocycles. The van der Waals surface area contributed by atoms with Gasteiger partial charge >= 0.3 is 7.60 Å². The molecular weight excluding hydrogens is 155 g/mol. The lowest BCUT2D eigenvalue weighted by atomic mass is 10.3. The predicted molar refractivity (Wildman–Crippen MR) is 36.2 cm³/mol. The van der Waals surface area contributed by atoms with Crippen LogP contribution in [0, 0.1) is 0 Å². The molecule has 6 heteroatoms. The van der Waals surface area contributed by atoms with Crippen molar-refractivity contribution in [3.8, 4) is 0 Å². The predicted octanol–water partition coefficient (Wildman–Crippen LogP) is -0.622. The van der Waals surface area contributed by atoms with E-state index in [1.807, 2.05) is 0 Å². The molecule has 4 N–H and O–H groups in total. The first-order chi connectivity index (χ1) is 4.61. The molecule has 1 fully saturated rings. The van der Waals surface area contributed by atoms with E-state index in [1.54, 1.807) is 0 Å². The van der Waals surface area contributed by atoms with Gasteiger partial charge in [0.25, 0.3) is 0 Å². The molecule has 1 aliphatic rings. The minimum Gasteiger partial charge on any atom is -0.323 e. The van der Waals surface area contributed by atoms with Crippen molar-refractivity contribution in [2.45, 2.75) is 18.6 Å². The first kappa shape index (κ1) is 8.17. The second-order valence-corrected chi connectivity index (χ2v) is 4.12. The summed E-state index contributed by atoms with van der Waals surface area (Å²) in [5, 5.41) is 0. The fraction of sp³-hybridized carbons (Fsp3) is 1.00. The molecule has 0 aromatic rings. The number of hydrogen-bond donors (Lipinski definition) is 4. The molecule has 0 unspecified atom stereocenters. The lowest BCUT2D eigenvalue weighted by Gasteiger charge is -2.24. The standard InChI is InChI=1S/C4H11N2O3P/c7-10(8,9)4-2-1-3-5-6-4/h4-6H,1-3H2,(H2,7,8,9)/t4-/m0/s1. The van der Waals surface area contributed by atoms with Crippen molar-refractivity contribution < 1.29 is 14.4 Å². The van der Waals surface area contributed by atoms with Crippen LogP contribution in [0.5, 0.6) is 0 Å². The van der Waals surface area contributed by atoms with E-state index < -0.39 is 13.4 Å². The molecule has 5 nitrogen and oxygen atoms in total. The molecule has 1 atom stereocenters. The fourth-order valence-electron chi connectivity index (χ4n) is 0.898. The maximum absolute atomic E-state index is 10.6.